The summed E-state index contributed by atoms with van der Waals surface area (Å²) in [6.07, 6.45) is 1.89. The van der Waals surface area contributed by atoms with Gasteiger partial charge in [-0.1, -0.05) is 28.1 Å². The van der Waals surface area contributed by atoms with Crippen molar-refractivity contribution in [3.05, 3.63) is 34.3 Å². The van der Waals surface area contributed by atoms with Gasteiger partial charge in [0.1, 0.15) is 0 Å². The number of hydrogen-bond acceptors (Lipinski definition) is 2. The summed E-state index contributed by atoms with van der Waals surface area (Å²) in [5, 5.41) is 6.24. The van der Waals surface area contributed by atoms with Gasteiger partial charge >= 0.3 is 0 Å². The Bertz CT molecular complexity index is 288. The average molecular weight is 225 g/mol. The second kappa shape index (κ2) is 3.27. The molecule has 0 aliphatic carbocycles. The molecule has 0 aromatic heterocycles. The van der Waals surface area contributed by atoms with Gasteiger partial charge in [-0.05, 0) is 17.7 Å². The largest absolute Gasteiger partial charge is 0.293 e. The molecule has 12 heavy (non-hydrogen) atoms. The summed E-state index contributed by atoms with van der Waals surface area (Å²) in [6.45, 7) is 2.21. The van der Waals surface area contributed by atoms with E-state index in [0.717, 1.165) is 23.1 Å². The molecule has 0 bridgehead atoms. The van der Waals surface area contributed by atoms with Crippen LogP contribution >= 0.6 is 15.9 Å². The summed E-state index contributed by atoms with van der Waals surface area (Å²) in [7, 11) is 0. The zero-order valence-corrected chi connectivity index (χ0v) is 8.16. The van der Waals surface area contributed by atoms with Gasteiger partial charge in [-0.2, -0.15) is 5.10 Å². The third-order valence-corrected chi connectivity index (χ3v) is 2.19. The molecule has 0 spiro atoms. The third-order valence-electron chi connectivity index (χ3n) is 1.66. The second-order valence-electron chi connectivity index (χ2n) is 2.75. The lowest BCUT2D eigenvalue weighted by Crippen LogP contribution is -1.86. The summed E-state index contributed by atoms with van der Waals surface area (Å²) >= 11 is 3.38. The van der Waals surface area contributed by atoms with E-state index in [1.165, 1.54) is 0 Å². The number of nitrogens with zero attached hydrogens (tertiary/aromatic N) is 2. The number of benzene rings is 1. The van der Waals surface area contributed by atoms with Crippen LogP contribution in [0.4, 0.5) is 0 Å². The van der Waals surface area contributed by atoms with Crippen molar-refractivity contribution in [2.75, 3.05) is 13.1 Å². The second-order valence-corrected chi connectivity index (χ2v) is 3.67. The van der Waals surface area contributed by atoms with Crippen molar-refractivity contribution in [2.24, 2.45) is 5.10 Å². The van der Waals surface area contributed by atoms with E-state index in [1.54, 1.807) is 0 Å². The number of hydrogen-bond donors (Lipinski definition) is 0. The van der Waals surface area contributed by atoms with Crippen molar-refractivity contribution in [1.29, 1.82) is 0 Å². The molecular weight excluding hydrogens is 216 g/mol. The molecule has 0 atom stereocenters. The molecule has 2 nitrogen and oxygen atoms in total. The fourth-order valence-electron chi connectivity index (χ4n) is 0.857. The van der Waals surface area contributed by atoms with E-state index in [2.05, 4.69) is 21.0 Å². The molecule has 1 aliphatic rings. The minimum absolute atomic E-state index is 1.10. The van der Waals surface area contributed by atoms with Crippen LogP contribution in [0.2, 0.25) is 0 Å². The first-order chi connectivity index (χ1) is 5.84. The van der Waals surface area contributed by atoms with Crippen LogP contribution in [0.1, 0.15) is 5.56 Å². The lowest BCUT2D eigenvalue weighted by Gasteiger charge is -1.93. The normalized spacial score (nSPS) is 15.6. The van der Waals surface area contributed by atoms with Crippen molar-refractivity contribution in [1.82, 2.24) is 5.01 Å². The molecule has 62 valence electrons. The number of hydrazone groups is 1. The molecule has 0 radical (unpaired) electrons. The lowest BCUT2D eigenvalue weighted by molar-refractivity contribution is 0.612. The third kappa shape index (κ3) is 2.08. The highest BCUT2D eigenvalue weighted by molar-refractivity contribution is 9.10. The molecule has 0 unspecified atom stereocenters. The van der Waals surface area contributed by atoms with Gasteiger partial charge in [0.25, 0.3) is 0 Å². The van der Waals surface area contributed by atoms with E-state index < -0.39 is 0 Å². The minimum Gasteiger partial charge on any atom is -0.293 e. The molecule has 3 heteroatoms. The molecule has 0 saturated carbocycles. The van der Waals surface area contributed by atoms with Crippen LogP contribution in [0.5, 0.6) is 0 Å². The highest BCUT2D eigenvalue weighted by Gasteiger charge is 2.12. The van der Waals surface area contributed by atoms with Crippen LogP contribution in [0.3, 0.4) is 0 Å². The van der Waals surface area contributed by atoms with E-state index >= 15 is 0 Å². The molecule has 1 fully saturated rings. The Labute approximate surface area is 80.0 Å². The van der Waals surface area contributed by atoms with E-state index in [9.17, 15) is 0 Å². The zero-order valence-electron chi connectivity index (χ0n) is 6.57. The van der Waals surface area contributed by atoms with E-state index in [0.29, 0.717) is 0 Å². The molecule has 1 heterocycles. The number of halogens is 1. The molecular formula is C9H9BrN2. The van der Waals surface area contributed by atoms with Crippen molar-refractivity contribution < 1.29 is 0 Å². The molecule has 0 amide bonds. The molecule has 1 aliphatic heterocycles. The highest BCUT2D eigenvalue weighted by atomic mass is 79.9. The highest BCUT2D eigenvalue weighted by Crippen LogP contribution is 2.10. The van der Waals surface area contributed by atoms with Crippen molar-refractivity contribution in [3.8, 4) is 0 Å². The van der Waals surface area contributed by atoms with Gasteiger partial charge in [-0.25, -0.2) is 0 Å². The summed E-state index contributed by atoms with van der Waals surface area (Å²) in [5.74, 6) is 0. The maximum atomic E-state index is 4.23. The lowest BCUT2D eigenvalue weighted by atomic mass is 10.2. The summed E-state index contributed by atoms with van der Waals surface area (Å²) < 4.78 is 1.10. The Kier molecular flexibility index (Phi) is 2.13. The Morgan fingerprint density at radius 1 is 1.25 bits per heavy atom. The Hall–Kier alpha value is -0.830. The Balaban J connectivity index is 2.07. The summed E-state index contributed by atoms with van der Waals surface area (Å²) in [5.41, 5.74) is 1.14. The number of rotatable bonds is 2. The fraction of sp³-hybridized carbons (Fsp3) is 0.222. The first-order valence-electron chi connectivity index (χ1n) is 3.89. The maximum Gasteiger partial charge on any atom is 0.0553 e. The van der Waals surface area contributed by atoms with Gasteiger partial charge in [-0.3, -0.25) is 5.01 Å². The van der Waals surface area contributed by atoms with Crippen LogP contribution in [0, 0.1) is 0 Å². The van der Waals surface area contributed by atoms with E-state index in [-0.39, 0.29) is 0 Å². The van der Waals surface area contributed by atoms with Gasteiger partial charge in [0, 0.05) is 4.47 Å². The van der Waals surface area contributed by atoms with Crippen LogP contribution in [-0.2, 0) is 0 Å². The molecule has 1 saturated heterocycles. The predicted octanol–water partition coefficient (Wildman–Crippen LogP) is 2.10. The predicted molar refractivity (Wildman–Crippen MR) is 53.3 cm³/mol. The van der Waals surface area contributed by atoms with Crippen LogP contribution in [-0.4, -0.2) is 24.3 Å². The van der Waals surface area contributed by atoms with E-state index in [1.807, 2.05) is 35.5 Å². The topological polar surface area (TPSA) is 15.4 Å². The van der Waals surface area contributed by atoms with Gasteiger partial charge < -0.3 is 0 Å². The summed E-state index contributed by atoms with van der Waals surface area (Å²) in [6, 6.07) is 8.11. The van der Waals surface area contributed by atoms with Crippen LogP contribution < -0.4 is 0 Å². The monoisotopic (exact) mass is 224 g/mol. The first-order valence-corrected chi connectivity index (χ1v) is 4.68. The SMILES string of the molecule is Brc1ccc(/C=N/N2CC2)cc1. The maximum absolute atomic E-state index is 4.23. The fourth-order valence-corrected chi connectivity index (χ4v) is 1.12. The van der Waals surface area contributed by atoms with Crippen molar-refractivity contribution in [3.63, 3.8) is 0 Å². The van der Waals surface area contributed by atoms with E-state index in [4.69, 9.17) is 0 Å². The van der Waals surface area contributed by atoms with Gasteiger partial charge in [-0.15, -0.1) is 0 Å². The van der Waals surface area contributed by atoms with Crippen LogP contribution in [0.15, 0.2) is 33.8 Å². The van der Waals surface area contributed by atoms with Gasteiger partial charge in [0.05, 0.1) is 19.3 Å². The van der Waals surface area contributed by atoms with Crippen molar-refractivity contribution in [2.45, 2.75) is 0 Å². The molecule has 1 aromatic rings. The smallest absolute Gasteiger partial charge is 0.0553 e. The van der Waals surface area contributed by atoms with Crippen molar-refractivity contribution >= 4 is 22.1 Å². The Morgan fingerprint density at radius 3 is 2.50 bits per heavy atom. The minimum atomic E-state index is 1.10. The average Bonchev–Trinajstić information content (AvgIpc) is 2.87. The first kappa shape index (κ1) is 7.80. The molecule has 2 rings (SSSR count). The van der Waals surface area contributed by atoms with Gasteiger partial charge in [0.15, 0.2) is 0 Å². The molecule has 1 aromatic carbocycles. The standard InChI is InChI=1S/C9H9BrN2/c10-9-3-1-8(2-4-9)7-11-12-5-6-12/h1-4,7H,5-6H2/b11-7+. The van der Waals surface area contributed by atoms with Crippen LogP contribution in [0.25, 0.3) is 0 Å². The Morgan fingerprint density at radius 2 is 1.92 bits per heavy atom. The summed E-state index contributed by atoms with van der Waals surface area (Å²) in [4.78, 5) is 0. The zero-order chi connectivity index (χ0) is 8.39. The quantitative estimate of drug-likeness (QED) is 0.555. The van der Waals surface area contributed by atoms with Gasteiger partial charge in [0.2, 0.25) is 0 Å². The molecule has 0 N–H and O–H groups in total.